The van der Waals surface area contributed by atoms with E-state index < -0.39 is 0 Å². The molecule has 0 heteroatoms. The van der Waals surface area contributed by atoms with Crippen molar-refractivity contribution in [2.24, 2.45) is 10.8 Å². The fraction of sp³-hybridized carbons (Fsp3) is 0.500. The zero-order chi connectivity index (χ0) is 15.6. The molecule has 0 amide bonds. The first-order valence-corrected chi connectivity index (χ1v) is 7.49. The lowest BCUT2D eigenvalue weighted by Crippen LogP contribution is -2.07. The van der Waals surface area contributed by atoms with Crippen LogP contribution in [-0.2, 0) is 0 Å². The first-order valence-electron chi connectivity index (χ1n) is 7.49. The van der Waals surface area contributed by atoms with Crippen molar-refractivity contribution in [2.75, 3.05) is 0 Å². The van der Waals surface area contributed by atoms with Gasteiger partial charge in [0.1, 0.15) is 0 Å². The SMILES string of the molecule is C=C(CCC(C)(C)C)c1ccc(C(=C)C(C)(C)C)cc1. The minimum Gasteiger partial charge on any atom is -0.0952 e. The molecule has 0 saturated carbocycles. The average molecular weight is 270 g/mol. The predicted octanol–water partition coefficient (Wildman–Crippen LogP) is 6.59. The van der Waals surface area contributed by atoms with Gasteiger partial charge in [-0.25, -0.2) is 0 Å². The minimum atomic E-state index is 0.116. The van der Waals surface area contributed by atoms with Crippen LogP contribution in [0.1, 0.15) is 65.5 Å². The molecule has 0 unspecified atom stereocenters. The van der Waals surface area contributed by atoms with Gasteiger partial charge in [0.05, 0.1) is 0 Å². The lowest BCUT2D eigenvalue weighted by molar-refractivity contribution is 0.384. The van der Waals surface area contributed by atoms with Crippen LogP contribution in [0.4, 0.5) is 0 Å². The third kappa shape index (κ3) is 5.00. The molecule has 20 heavy (non-hydrogen) atoms. The van der Waals surface area contributed by atoms with Gasteiger partial charge in [0.15, 0.2) is 0 Å². The highest BCUT2D eigenvalue weighted by atomic mass is 14.2. The lowest BCUT2D eigenvalue weighted by Gasteiger charge is -2.22. The smallest absolute Gasteiger partial charge is 0.0132 e. The van der Waals surface area contributed by atoms with Gasteiger partial charge in [-0.1, -0.05) is 79.0 Å². The van der Waals surface area contributed by atoms with Crippen LogP contribution in [0.15, 0.2) is 37.4 Å². The molecule has 0 saturated heterocycles. The molecule has 0 spiro atoms. The number of rotatable bonds is 4. The molecule has 0 radical (unpaired) electrons. The summed E-state index contributed by atoms with van der Waals surface area (Å²) < 4.78 is 0. The zero-order valence-electron chi connectivity index (χ0n) is 14.1. The molecular weight excluding hydrogens is 240 g/mol. The van der Waals surface area contributed by atoms with Crippen LogP contribution >= 0.6 is 0 Å². The van der Waals surface area contributed by atoms with E-state index >= 15 is 0 Å². The Kier molecular flexibility index (Phi) is 5.02. The summed E-state index contributed by atoms with van der Waals surface area (Å²) in [5.74, 6) is 0. The normalized spacial score (nSPS) is 12.3. The standard InChI is InChI=1S/C20H30/c1-15(13-14-19(3,4)5)17-9-11-18(12-10-17)16(2)20(6,7)8/h9-12H,1-2,13-14H2,3-8H3. The predicted molar refractivity (Wildman–Crippen MR) is 92.7 cm³/mol. The largest absolute Gasteiger partial charge is 0.0952 e. The Balaban J connectivity index is 2.77. The molecule has 1 aromatic rings. The molecule has 0 nitrogen and oxygen atoms in total. The maximum absolute atomic E-state index is 4.23. The molecule has 0 aliphatic carbocycles. The second kappa shape index (κ2) is 5.99. The Morgan fingerprint density at radius 1 is 0.850 bits per heavy atom. The summed E-state index contributed by atoms with van der Waals surface area (Å²) in [5, 5.41) is 0. The molecule has 0 N–H and O–H groups in total. The molecule has 0 heterocycles. The van der Waals surface area contributed by atoms with Crippen molar-refractivity contribution in [1.82, 2.24) is 0 Å². The van der Waals surface area contributed by atoms with Crippen molar-refractivity contribution in [3.8, 4) is 0 Å². The summed E-state index contributed by atoms with van der Waals surface area (Å²) in [4.78, 5) is 0. The van der Waals surface area contributed by atoms with Crippen LogP contribution in [-0.4, -0.2) is 0 Å². The Bertz CT molecular complexity index is 472. The highest BCUT2D eigenvalue weighted by molar-refractivity contribution is 5.70. The molecule has 0 aliphatic heterocycles. The topological polar surface area (TPSA) is 0 Å². The monoisotopic (exact) mass is 270 g/mol. The van der Waals surface area contributed by atoms with Crippen LogP contribution in [0.3, 0.4) is 0 Å². The Hall–Kier alpha value is -1.30. The number of hydrogen-bond acceptors (Lipinski definition) is 0. The van der Waals surface area contributed by atoms with Crippen molar-refractivity contribution in [3.63, 3.8) is 0 Å². The Morgan fingerprint density at radius 3 is 1.70 bits per heavy atom. The molecule has 0 bridgehead atoms. The number of allylic oxidation sites excluding steroid dienone is 2. The highest BCUT2D eigenvalue weighted by Gasteiger charge is 2.16. The van der Waals surface area contributed by atoms with Gasteiger partial charge >= 0.3 is 0 Å². The van der Waals surface area contributed by atoms with E-state index in [0.717, 1.165) is 6.42 Å². The second-order valence-corrected chi connectivity index (χ2v) is 7.97. The van der Waals surface area contributed by atoms with E-state index in [4.69, 9.17) is 0 Å². The van der Waals surface area contributed by atoms with Gasteiger partial charge < -0.3 is 0 Å². The Labute approximate surface area is 125 Å². The summed E-state index contributed by atoms with van der Waals surface area (Å²) in [7, 11) is 0. The quantitative estimate of drug-likeness (QED) is 0.579. The van der Waals surface area contributed by atoms with Crippen LogP contribution in [0.2, 0.25) is 0 Å². The lowest BCUT2D eigenvalue weighted by atomic mass is 9.82. The molecule has 110 valence electrons. The molecule has 0 aliphatic rings. The first-order chi connectivity index (χ1) is 9.00. The summed E-state index contributed by atoms with van der Waals surface area (Å²) >= 11 is 0. The highest BCUT2D eigenvalue weighted by Crippen LogP contribution is 2.33. The van der Waals surface area contributed by atoms with Crippen molar-refractivity contribution in [3.05, 3.63) is 48.6 Å². The first kappa shape index (κ1) is 16.8. The summed E-state index contributed by atoms with van der Waals surface area (Å²) in [5.41, 5.74) is 5.37. The van der Waals surface area contributed by atoms with E-state index in [-0.39, 0.29) is 5.41 Å². The molecule has 0 fully saturated rings. The van der Waals surface area contributed by atoms with Crippen LogP contribution < -0.4 is 0 Å². The third-order valence-corrected chi connectivity index (χ3v) is 3.72. The van der Waals surface area contributed by atoms with Crippen LogP contribution in [0.5, 0.6) is 0 Å². The van der Waals surface area contributed by atoms with Crippen molar-refractivity contribution >= 4 is 11.1 Å². The molecule has 0 aromatic heterocycles. The Morgan fingerprint density at radius 2 is 1.30 bits per heavy atom. The van der Waals surface area contributed by atoms with E-state index in [1.54, 1.807) is 0 Å². The van der Waals surface area contributed by atoms with Crippen molar-refractivity contribution in [1.29, 1.82) is 0 Å². The van der Waals surface area contributed by atoms with Gasteiger partial charge in [-0.2, -0.15) is 0 Å². The third-order valence-electron chi connectivity index (χ3n) is 3.72. The molecule has 1 rings (SSSR count). The summed E-state index contributed by atoms with van der Waals surface area (Å²) in [6.45, 7) is 21.9. The van der Waals surface area contributed by atoms with E-state index in [9.17, 15) is 0 Å². The number of hydrogen-bond donors (Lipinski definition) is 0. The molecular formula is C20H30. The average Bonchev–Trinajstić information content (AvgIpc) is 2.33. The number of benzene rings is 1. The van der Waals surface area contributed by atoms with Gasteiger partial charge in [-0.3, -0.25) is 0 Å². The maximum atomic E-state index is 4.23. The van der Waals surface area contributed by atoms with E-state index in [0.29, 0.717) is 5.41 Å². The van der Waals surface area contributed by atoms with E-state index in [2.05, 4.69) is 79.0 Å². The zero-order valence-corrected chi connectivity index (χ0v) is 14.1. The van der Waals surface area contributed by atoms with Crippen LogP contribution in [0, 0.1) is 10.8 Å². The van der Waals surface area contributed by atoms with Gasteiger partial charge in [-0.15, -0.1) is 0 Å². The maximum Gasteiger partial charge on any atom is -0.0132 e. The van der Waals surface area contributed by atoms with E-state index in [1.165, 1.54) is 28.7 Å². The van der Waals surface area contributed by atoms with Crippen molar-refractivity contribution < 1.29 is 0 Å². The van der Waals surface area contributed by atoms with Crippen molar-refractivity contribution in [2.45, 2.75) is 54.4 Å². The summed E-state index contributed by atoms with van der Waals surface area (Å²) in [6.07, 6.45) is 2.23. The van der Waals surface area contributed by atoms with E-state index in [1.807, 2.05) is 0 Å². The van der Waals surface area contributed by atoms with Crippen LogP contribution in [0.25, 0.3) is 11.1 Å². The van der Waals surface area contributed by atoms with Gasteiger partial charge in [0, 0.05) is 0 Å². The van der Waals surface area contributed by atoms with Gasteiger partial charge in [0.2, 0.25) is 0 Å². The van der Waals surface area contributed by atoms with Gasteiger partial charge in [-0.05, 0) is 45.9 Å². The second-order valence-electron chi connectivity index (χ2n) is 7.97. The fourth-order valence-corrected chi connectivity index (χ4v) is 2.01. The van der Waals surface area contributed by atoms with Gasteiger partial charge in [0.25, 0.3) is 0 Å². The summed E-state index contributed by atoms with van der Waals surface area (Å²) in [6, 6.07) is 8.70. The molecule has 1 aromatic carbocycles. The fourth-order valence-electron chi connectivity index (χ4n) is 2.01. The molecule has 0 atom stereocenters. The minimum absolute atomic E-state index is 0.116.